The fourth-order valence-corrected chi connectivity index (χ4v) is 12.2. The summed E-state index contributed by atoms with van der Waals surface area (Å²) >= 11 is 0. The van der Waals surface area contributed by atoms with Gasteiger partial charge in [-0.3, -0.25) is 53.2 Å². The molecule has 1 aromatic heterocycles. The molecule has 87 heavy (non-hydrogen) atoms. The highest BCUT2D eigenvalue weighted by Crippen LogP contribution is 2.54. The lowest BCUT2D eigenvalue weighted by atomic mass is 9.57. The summed E-state index contributed by atoms with van der Waals surface area (Å²) in [6.45, 7) is 1.90. The highest BCUT2D eigenvalue weighted by molar-refractivity contribution is 6.03. The third-order valence-corrected chi connectivity index (χ3v) is 17.1. The van der Waals surface area contributed by atoms with Gasteiger partial charge in [0, 0.05) is 82.7 Å². The van der Waals surface area contributed by atoms with Gasteiger partial charge in [-0.05, 0) is 104 Å². The van der Waals surface area contributed by atoms with E-state index < -0.39 is 87.7 Å². The Labute approximate surface area is 498 Å². The Balaban J connectivity index is 0.928. The van der Waals surface area contributed by atoms with E-state index in [9.17, 15) is 73.5 Å². The lowest BCUT2D eigenvalue weighted by molar-refractivity contribution is -0.141. The Kier molecular flexibility index (Phi) is 21.6. The second-order valence-corrected chi connectivity index (χ2v) is 23.1. The summed E-state index contributed by atoms with van der Waals surface area (Å²) in [4.78, 5) is 132. The van der Waals surface area contributed by atoms with E-state index >= 15 is 0 Å². The molecule has 0 radical (unpaired) electrons. The van der Waals surface area contributed by atoms with E-state index in [2.05, 4.69) is 42.8 Å². The van der Waals surface area contributed by atoms with Crippen LogP contribution in [-0.4, -0.2) is 210 Å². The van der Waals surface area contributed by atoms with Gasteiger partial charge in [-0.15, -0.1) is 10.2 Å². The molecule has 5 aromatic rings. The Morgan fingerprint density at radius 3 is 1.54 bits per heavy atom. The van der Waals surface area contributed by atoms with E-state index in [0.717, 1.165) is 27.1 Å². The number of hydrogen-bond donors (Lipinski definition) is 11. The third kappa shape index (κ3) is 17.1. The summed E-state index contributed by atoms with van der Waals surface area (Å²) in [5.41, 5.74) is -1.72. The van der Waals surface area contributed by atoms with Crippen molar-refractivity contribution in [3.63, 3.8) is 0 Å². The first-order valence-corrected chi connectivity index (χ1v) is 29.3. The van der Waals surface area contributed by atoms with Gasteiger partial charge in [-0.1, -0.05) is 48.5 Å². The van der Waals surface area contributed by atoms with Crippen molar-refractivity contribution < 1.29 is 73.4 Å². The van der Waals surface area contributed by atoms with Crippen LogP contribution in [0.2, 0.25) is 0 Å². The largest absolute Gasteiger partial charge is 0.481 e. The number of carbonyl (C=O) groups is 8. The van der Waals surface area contributed by atoms with Crippen molar-refractivity contribution in [1.82, 2.24) is 45.7 Å². The number of anilines is 2. The Bertz CT molecular complexity index is 3290. The van der Waals surface area contributed by atoms with Crippen molar-refractivity contribution in [2.75, 3.05) is 89.2 Å². The minimum absolute atomic E-state index is 0.0252. The van der Waals surface area contributed by atoms with Crippen LogP contribution in [0.4, 0.5) is 16.2 Å². The maximum absolute atomic E-state index is 14.5. The van der Waals surface area contributed by atoms with E-state index in [1.807, 2.05) is 53.4 Å². The highest BCUT2D eigenvalue weighted by atomic mass is 16.4. The monoisotopic (exact) mass is 1210 g/mol. The number of benzene rings is 3. The van der Waals surface area contributed by atoms with Gasteiger partial charge in [-0.2, -0.15) is 0 Å². The zero-order chi connectivity index (χ0) is 62.4. The second kappa shape index (κ2) is 29.2. The molecule has 468 valence electrons. The van der Waals surface area contributed by atoms with Crippen LogP contribution >= 0.6 is 0 Å². The van der Waals surface area contributed by atoms with E-state index in [1.54, 1.807) is 14.7 Å². The van der Waals surface area contributed by atoms with Gasteiger partial charge in [0.2, 0.25) is 17.7 Å². The molecule has 0 spiro atoms. The predicted octanol–water partition coefficient (Wildman–Crippen LogP) is 2.17. The molecule has 3 amide bonds. The fraction of sp³-hybridized carbons (Fsp3) is 0.525. The summed E-state index contributed by atoms with van der Waals surface area (Å²) < 4.78 is 6.43. The van der Waals surface area contributed by atoms with Crippen LogP contribution in [0.15, 0.2) is 68.6 Å². The first kappa shape index (κ1) is 64.4. The number of carbonyl (C=O) groups excluding carboxylic acids is 2. The number of unbranched alkanes of at least 4 members (excludes halogenated alkanes) is 1. The van der Waals surface area contributed by atoms with E-state index in [-0.39, 0.29) is 115 Å². The number of carboxylic acid groups (broad SMARTS) is 6. The van der Waals surface area contributed by atoms with E-state index in [4.69, 9.17) is 9.52 Å². The van der Waals surface area contributed by atoms with Crippen LogP contribution in [0, 0.1) is 0 Å². The number of nitrogens with zero attached hydrogens (tertiary/aromatic N) is 6. The summed E-state index contributed by atoms with van der Waals surface area (Å²) in [7, 11) is 0. The SMILES string of the molecule is O=C(O)CCC[C@H](NC(=O)N[C@@H](CCCCNC(=O)[C@H](Cc1c2ccccc2cc2ccccc12)Nc1c(NC23CCC(c4nnc(CN5CCN(CC(=O)O)CCN(CC(=O)O)CCN(CC(=O)O)CC5)o4)(CC2)CC3)c(=O)c1=O)C(=O)O)C(=O)O. The average molecular weight is 1210 g/mol. The quantitative estimate of drug-likeness (QED) is 0.0186. The van der Waals surface area contributed by atoms with Gasteiger partial charge in [0.1, 0.15) is 29.5 Å². The molecule has 1 aliphatic heterocycles. The number of carboxylic acids is 6. The van der Waals surface area contributed by atoms with Crippen molar-refractivity contribution in [3.05, 3.63) is 92.4 Å². The molecule has 2 heterocycles. The summed E-state index contributed by atoms with van der Waals surface area (Å²) in [6.07, 6.45) is 3.42. The van der Waals surface area contributed by atoms with Gasteiger partial charge in [0.05, 0.1) is 26.2 Å². The summed E-state index contributed by atoms with van der Waals surface area (Å²) in [5, 5.41) is 83.8. The molecule has 4 fully saturated rings. The summed E-state index contributed by atoms with van der Waals surface area (Å²) in [5.74, 6) is -6.76. The minimum Gasteiger partial charge on any atom is -0.481 e. The average Bonchev–Trinajstić information content (AvgIpc) is 1.56. The first-order valence-electron chi connectivity index (χ1n) is 29.3. The Morgan fingerprint density at radius 1 is 0.563 bits per heavy atom. The molecule has 0 unspecified atom stereocenters. The molecule has 2 bridgehead atoms. The van der Waals surface area contributed by atoms with E-state index in [1.165, 1.54) is 0 Å². The molecular weight excluding hydrogens is 1130 g/mol. The smallest absolute Gasteiger partial charge is 0.326 e. The standard InChI is InChI=1S/C59H75N11O17/c71-45(72)14-7-13-42(55(84)85)63-57(86)62-41(54(82)83)12-5-6-21-60-53(81)43(31-40-38-10-3-1-8-36(38)30-37-9-2-4-11-39(37)40)61-49-50(52(80)51(49)79)64-59-18-15-58(16-19-59,17-20-59)56-66-65-44(87-56)32-67-22-24-68(33-46(73)74)26-28-70(35-48(77)78)29-27-69(25-23-67)34-47(75)76/h1-4,8-11,30,41-43,61,64H,5-7,12-29,31-35H2,(H,60,81)(H,71,72)(H,73,74)(H,75,76)(H,77,78)(H,82,83)(H,84,85)(H2,62,63,86)/t41-,42-,43-,58?,59?/m0/s1. The molecule has 11 N–H and O–H groups in total. The molecule has 1 saturated heterocycles. The van der Waals surface area contributed by atoms with E-state index in [0.29, 0.717) is 76.5 Å². The number of aromatic nitrogens is 2. The molecule has 3 atom stereocenters. The summed E-state index contributed by atoms with van der Waals surface area (Å²) in [6, 6.07) is 12.4. The lowest BCUT2D eigenvalue weighted by Gasteiger charge is -2.52. The van der Waals surface area contributed by atoms with Crippen molar-refractivity contribution >= 4 is 80.7 Å². The normalized spacial score (nSPS) is 20.1. The third-order valence-electron chi connectivity index (χ3n) is 17.1. The van der Waals surface area contributed by atoms with Gasteiger partial charge >= 0.3 is 41.8 Å². The van der Waals surface area contributed by atoms with Crippen molar-refractivity contribution in [1.29, 1.82) is 0 Å². The molecule has 28 nitrogen and oxygen atoms in total. The fourth-order valence-electron chi connectivity index (χ4n) is 12.2. The van der Waals surface area contributed by atoms with Crippen LogP contribution in [0.3, 0.4) is 0 Å². The molecule has 9 rings (SSSR count). The van der Waals surface area contributed by atoms with Crippen LogP contribution in [0.25, 0.3) is 21.5 Å². The van der Waals surface area contributed by atoms with Crippen LogP contribution in [0.1, 0.15) is 94.4 Å². The van der Waals surface area contributed by atoms with Gasteiger partial charge < -0.3 is 61.6 Å². The van der Waals surface area contributed by atoms with Crippen molar-refractivity contribution in [2.24, 2.45) is 0 Å². The Morgan fingerprint density at radius 2 is 1.05 bits per heavy atom. The number of aliphatic carboxylic acids is 6. The highest BCUT2D eigenvalue weighted by Gasteiger charge is 2.53. The number of nitrogens with one attached hydrogen (secondary N) is 5. The zero-order valence-corrected chi connectivity index (χ0v) is 48.2. The maximum Gasteiger partial charge on any atom is 0.326 e. The topological polar surface area (TPSA) is 404 Å². The van der Waals surface area contributed by atoms with Gasteiger partial charge in [0.15, 0.2) is 0 Å². The first-order chi connectivity index (χ1) is 41.6. The molecule has 3 saturated carbocycles. The van der Waals surface area contributed by atoms with Crippen LogP contribution in [0.5, 0.6) is 0 Å². The number of rotatable bonds is 29. The van der Waals surface area contributed by atoms with Gasteiger partial charge in [-0.25, -0.2) is 14.4 Å². The lowest BCUT2D eigenvalue weighted by Crippen LogP contribution is -2.55. The van der Waals surface area contributed by atoms with Crippen LogP contribution < -0.4 is 37.4 Å². The number of amides is 3. The molecule has 4 aliphatic rings. The maximum atomic E-state index is 14.5. The number of urea groups is 1. The van der Waals surface area contributed by atoms with Crippen molar-refractivity contribution in [3.8, 4) is 0 Å². The molecular formula is C59H75N11O17. The molecule has 28 heteroatoms. The Hall–Kier alpha value is -8.60. The second-order valence-electron chi connectivity index (χ2n) is 23.1. The molecule has 3 aliphatic carbocycles. The predicted molar refractivity (Wildman–Crippen MR) is 314 cm³/mol. The van der Waals surface area contributed by atoms with Crippen molar-refractivity contribution in [2.45, 2.75) is 119 Å². The molecule has 4 aromatic carbocycles. The minimum atomic E-state index is -1.45. The van der Waals surface area contributed by atoms with Crippen LogP contribution in [-0.2, 0) is 51.9 Å². The van der Waals surface area contributed by atoms with Gasteiger partial charge in [0.25, 0.3) is 10.9 Å². The number of fused-ring (bicyclic) bond motifs is 5. The number of hydrogen-bond acceptors (Lipinski definition) is 19. The zero-order valence-electron chi connectivity index (χ0n) is 48.2.